The summed E-state index contributed by atoms with van der Waals surface area (Å²) in [5, 5.41) is 2.76. The first-order valence-corrected chi connectivity index (χ1v) is 8.87. The van der Waals surface area contributed by atoms with E-state index in [1.165, 1.54) is 0 Å². The number of benzene rings is 3. The Kier molecular flexibility index (Phi) is 5.97. The number of esters is 1. The number of nitrogens with one attached hydrogen (secondary N) is 1. The second-order valence-electron chi connectivity index (χ2n) is 5.99. The second-order valence-corrected chi connectivity index (χ2v) is 5.99. The van der Waals surface area contributed by atoms with Crippen molar-refractivity contribution in [2.45, 2.75) is 6.92 Å². The Labute approximate surface area is 163 Å². The molecule has 0 aliphatic rings. The van der Waals surface area contributed by atoms with Gasteiger partial charge in [-0.25, -0.2) is 4.79 Å². The normalized spacial score (nSPS) is 10.2. The fourth-order valence-electron chi connectivity index (χ4n) is 2.73. The van der Waals surface area contributed by atoms with Gasteiger partial charge in [0.25, 0.3) is 5.91 Å². The second kappa shape index (κ2) is 8.77. The summed E-state index contributed by atoms with van der Waals surface area (Å²) in [5.41, 5.74) is 2.04. The predicted molar refractivity (Wildman–Crippen MR) is 107 cm³/mol. The van der Waals surface area contributed by atoms with Gasteiger partial charge in [-0.2, -0.15) is 0 Å². The van der Waals surface area contributed by atoms with Gasteiger partial charge in [0.1, 0.15) is 0 Å². The number of rotatable bonds is 6. The molecule has 0 unspecified atom stereocenters. The molecule has 140 valence electrons. The number of carbonyl (C=O) groups excluding carboxylic acids is 3. The minimum Gasteiger partial charge on any atom is -0.462 e. The minimum absolute atomic E-state index is 0.219. The third-order valence-electron chi connectivity index (χ3n) is 4.11. The molecule has 1 amide bonds. The lowest BCUT2D eigenvalue weighted by atomic mass is 9.98. The molecule has 0 atom stereocenters. The summed E-state index contributed by atoms with van der Waals surface area (Å²) in [4.78, 5) is 37.2. The van der Waals surface area contributed by atoms with Crippen molar-refractivity contribution < 1.29 is 19.1 Å². The molecule has 28 heavy (non-hydrogen) atoms. The standard InChI is InChI=1S/C23H19NO4/c1-2-28-23(27)17-12-14-18(15-13-17)24-22(26)20-11-7-6-10-19(20)21(25)16-8-4-3-5-9-16/h3-15H,2H2,1H3,(H,24,26). The Morgan fingerprint density at radius 2 is 1.36 bits per heavy atom. The van der Waals surface area contributed by atoms with Crippen LogP contribution in [0.3, 0.4) is 0 Å². The Morgan fingerprint density at radius 3 is 2.00 bits per heavy atom. The molecule has 3 rings (SSSR count). The summed E-state index contributed by atoms with van der Waals surface area (Å²) in [5.74, 6) is -1.04. The molecule has 0 heterocycles. The fraction of sp³-hybridized carbons (Fsp3) is 0.0870. The van der Waals surface area contributed by atoms with Crippen molar-refractivity contribution in [2.75, 3.05) is 11.9 Å². The van der Waals surface area contributed by atoms with Gasteiger partial charge in [-0.3, -0.25) is 9.59 Å². The van der Waals surface area contributed by atoms with E-state index in [0.717, 1.165) is 0 Å². The molecule has 1 N–H and O–H groups in total. The summed E-state index contributed by atoms with van der Waals surface area (Å²) in [7, 11) is 0. The van der Waals surface area contributed by atoms with Crippen LogP contribution < -0.4 is 5.32 Å². The third-order valence-corrected chi connectivity index (χ3v) is 4.11. The van der Waals surface area contributed by atoms with Gasteiger partial charge in [0, 0.05) is 16.8 Å². The van der Waals surface area contributed by atoms with E-state index in [2.05, 4.69) is 5.32 Å². The molecule has 5 heteroatoms. The van der Waals surface area contributed by atoms with E-state index in [9.17, 15) is 14.4 Å². The van der Waals surface area contributed by atoms with Gasteiger partial charge in [0.05, 0.1) is 17.7 Å². The zero-order valence-electron chi connectivity index (χ0n) is 15.3. The zero-order valence-corrected chi connectivity index (χ0v) is 15.3. The molecule has 0 radical (unpaired) electrons. The molecular weight excluding hydrogens is 354 g/mol. The van der Waals surface area contributed by atoms with E-state index in [1.807, 2.05) is 6.07 Å². The SMILES string of the molecule is CCOC(=O)c1ccc(NC(=O)c2ccccc2C(=O)c2ccccc2)cc1. The number of amides is 1. The highest BCUT2D eigenvalue weighted by Gasteiger charge is 2.18. The van der Waals surface area contributed by atoms with Crippen LogP contribution in [0.5, 0.6) is 0 Å². The van der Waals surface area contributed by atoms with Gasteiger partial charge in [-0.15, -0.1) is 0 Å². The van der Waals surface area contributed by atoms with Crippen molar-refractivity contribution in [3.05, 3.63) is 101 Å². The quantitative estimate of drug-likeness (QED) is 0.515. The fourth-order valence-corrected chi connectivity index (χ4v) is 2.73. The van der Waals surface area contributed by atoms with E-state index < -0.39 is 11.9 Å². The lowest BCUT2D eigenvalue weighted by Crippen LogP contribution is -2.17. The number of anilines is 1. The van der Waals surface area contributed by atoms with E-state index >= 15 is 0 Å². The third kappa shape index (κ3) is 4.32. The highest BCUT2D eigenvalue weighted by molar-refractivity contribution is 6.17. The van der Waals surface area contributed by atoms with Crippen LogP contribution in [0.25, 0.3) is 0 Å². The van der Waals surface area contributed by atoms with Crippen LogP contribution >= 0.6 is 0 Å². The van der Waals surface area contributed by atoms with Gasteiger partial charge in [0.15, 0.2) is 5.78 Å². The summed E-state index contributed by atoms with van der Waals surface area (Å²) < 4.78 is 4.94. The molecule has 3 aromatic carbocycles. The summed E-state index contributed by atoms with van der Waals surface area (Å²) in [6.45, 7) is 2.03. The Hall–Kier alpha value is -3.73. The average molecular weight is 373 g/mol. The minimum atomic E-state index is -0.417. The van der Waals surface area contributed by atoms with Crippen molar-refractivity contribution >= 4 is 23.3 Å². The molecule has 0 spiro atoms. The van der Waals surface area contributed by atoms with E-state index in [1.54, 1.807) is 79.7 Å². The zero-order chi connectivity index (χ0) is 19.9. The maximum atomic E-state index is 12.8. The molecule has 0 aromatic heterocycles. The smallest absolute Gasteiger partial charge is 0.338 e. The summed E-state index contributed by atoms with van der Waals surface area (Å²) >= 11 is 0. The average Bonchev–Trinajstić information content (AvgIpc) is 2.74. The summed E-state index contributed by atoms with van der Waals surface area (Å²) in [6.07, 6.45) is 0. The number of carbonyl (C=O) groups is 3. The predicted octanol–water partition coefficient (Wildman–Crippen LogP) is 4.35. The number of ketones is 1. The number of hydrogen-bond acceptors (Lipinski definition) is 4. The summed E-state index contributed by atoms with van der Waals surface area (Å²) in [6, 6.07) is 21.9. The monoisotopic (exact) mass is 373 g/mol. The Bertz CT molecular complexity index is 995. The van der Waals surface area contributed by atoms with Crippen LogP contribution in [0, 0.1) is 0 Å². The molecule has 0 aliphatic carbocycles. The lowest BCUT2D eigenvalue weighted by Gasteiger charge is -2.10. The van der Waals surface area contributed by atoms with Gasteiger partial charge < -0.3 is 10.1 Å². The molecule has 0 saturated heterocycles. The van der Waals surface area contributed by atoms with Crippen molar-refractivity contribution in [3.8, 4) is 0 Å². The first-order chi connectivity index (χ1) is 13.6. The topological polar surface area (TPSA) is 72.5 Å². The first kappa shape index (κ1) is 19.0. The van der Waals surface area contributed by atoms with Gasteiger partial charge >= 0.3 is 5.97 Å². The van der Waals surface area contributed by atoms with Crippen molar-refractivity contribution in [1.82, 2.24) is 0 Å². The molecule has 0 bridgehead atoms. The van der Waals surface area contributed by atoms with Crippen LogP contribution in [0.1, 0.15) is 43.6 Å². The maximum Gasteiger partial charge on any atom is 0.338 e. The van der Waals surface area contributed by atoms with Crippen molar-refractivity contribution in [3.63, 3.8) is 0 Å². The Morgan fingerprint density at radius 1 is 0.750 bits per heavy atom. The van der Waals surface area contributed by atoms with Gasteiger partial charge in [-0.05, 0) is 37.3 Å². The van der Waals surface area contributed by atoms with Crippen LogP contribution in [-0.4, -0.2) is 24.3 Å². The number of hydrogen-bond donors (Lipinski definition) is 1. The maximum absolute atomic E-state index is 12.8. The van der Waals surface area contributed by atoms with E-state index in [0.29, 0.717) is 29.0 Å². The van der Waals surface area contributed by atoms with E-state index in [-0.39, 0.29) is 11.3 Å². The first-order valence-electron chi connectivity index (χ1n) is 8.87. The van der Waals surface area contributed by atoms with Gasteiger partial charge in [0.2, 0.25) is 0 Å². The van der Waals surface area contributed by atoms with Crippen LogP contribution in [0.15, 0.2) is 78.9 Å². The van der Waals surface area contributed by atoms with Crippen molar-refractivity contribution in [2.24, 2.45) is 0 Å². The number of ether oxygens (including phenoxy) is 1. The largest absolute Gasteiger partial charge is 0.462 e. The van der Waals surface area contributed by atoms with Crippen molar-refractivity contribution in [1.29, 1.82) is 0 Å². The molecular formula is C23H19NO4. The molecule has 3 aromatic rings. The van der Waals surface area contributed by atoms with Crippen LogP contribution in [-0.2, 0) is 4.74 Å². The highest BCUT2D eigenvalue weighted by atomic mass is 16.5. The lowest BCUT2D eigenvalue weighted by molar-refractivity contribution is 0.0526. The molecule has 0 fully saturated rings. The molecule has 0 aliphatic heterocycles. The Balaban J connectivity index is 1.80. The molecule has 0 saturated carbocycles. The van der Waals surface area contributed by atoms with E-state index in [4.69, 9.17) is 4.74 Å². The highest BCUT2D eigenvalue weighted by Crippen LogP contribution is 2.17. The van der Waals surface area contributed by atoms with Crippen LogP contribution in [0.4, 0.5) is 5.69 Å². The van der Waals surface area contributed by atoms with Gasteiger partial charge in [-0.1, -0.05) is 48.5 Å². The molecule has 5 nitrogen and oxygen atoms in total. The van der Waals surface area contributed by atoms with Crippen LogP contribution in [0.2, 0.25) is 0 Å².